The van der Waals surface area contributed by atoms with E-state index in [0.29, 0.717) is 5.69 Å². The van der Waals surface area contributed by atoms with Crippen molar-refractivity contribution in [1.29, 1.82) is 0 Å². The van der Waals surface area contributed by atoms with Gasteiger partial charge < -0.3 is 10.1 Å². The number of nitrogens with one attached hydrogen (secondary N) is 2. The highest BCUT2D eigenvalue weighted by Gasteiger charge is 2.53. The highest BCUT2D eigenvalue weighted by Crippen LogP contribution is 2.48. The Morgan fingerprint density at radius 1 is 1.53 bits per heavy atom. The molecule has 0 aromatic carbocycles. The Labute approximate surface area is 113 Å². The number of amides is 1. The van der Waals surface area contributed by atoms with E-state index in [0.717, 1.165) is 25.9 Å². The van der Waals surface area contributed by atoms with Gasteiger partial charge in [0.1, 0.15) is 0 Å². The van der Waals surface area contributed by atoms with E-state index in [2.05, 4.69) is 34.6 Å². The molecule has 0 saturated heterocycles. The Hall–Kier alpha value is -1.43. The van der Waals surface area contributed by atoms with Crippen molar-refractivity contribution in [3.8, 4) is 0 Å². The summed E-state index contributed by atoms with van der Waals surface area (Å²) in [6.07, 6.45) is 4.55. The molecular formula is C13H22N4O2. The van der Waals surface area contributed by atoms with Crippen LogP contribution in [0.4, 0.5) is 0 Å². The predicted octanol–water partition coefficient (Wildman–Crippen LogP) is 1.52. The number of aromatic nitrogens is 3. The summed E-state index contributed by atoms with van der Waals surface area (Å²) in [5.41, 5.74) is 0.385. The maximum atomic E-state index is 12.0. The van der Waals surface area contributed by atoms with E-state index in [9.17, 15) is 4.79 Å². The van der Waals surface area contributed by atoms with Crippen molar-refractivity contribution in [3.63, 3.8) is 0 Å². The molecule has 1 aromatic heterocycles. The fourth-order valence-corrected chi connectivity index (χ4v) is 3.13. The van der Waals surface area contributed by atoms with Crippen LogP contribution in [0.1, 0.15) is 50.5 Å². The number of aromatic amines is 1. The van der Waals surface area contributed by atoms with Gasteiger partial charge in [-0.2, -0.15) is 15.4 Å². The molecule has 1 aliphatic rings. The molecule has 0 spiro atoms. The second-order valence-electron chi connectivity index (χ2n) is 5.00. The number of hydrogen-bond acceptors (Lipinski definition) is 4. The number of ether oxygens (including phenoxy) is 1. The van der Waals surface area contributed by atoms with E-state index in [1.165, 1.54) is 6.20 Å². The summed E-state index contributed by atoms with van der Waals surface area (Å²) in [7, 11) is 0. The molecule has 2 N–H and O–H groups in total. The molecule has 0 radical (unpaired) electrons. The first-order valence-electron chi connectivity index (χ1n) is 6.96. The Kier molecular flexibility index (Phi) is 4.19. The Balaban J connectivity index is 2.03. The lowest BCUT2D eigenvalue weighted by atomic mass is 9.58. The third kappa shape index (κ3) is 2.36. The largest absolute Gasteiger partial charge is 0.378 e. The zero-order valence-corrected chi connectivity index (χ0v) is 11.8. The summed E-state index contributed by atoms with van der Waals surface area (Å²) in [4.78, 5) is 12.0. The molecule has 0 unspecified atom stereocenters. The average Bonchev–Trinajstić information content (AvgIpc) is 2.93. The number of H-pyrrole nitrogens is 1. The molecular weight excluding hydrogens is 244 g/mol. The first-order valence-corrected chi connectivity index (χ1v) is 6.96. The van der Waals surface area contributed by atoms with E-state index in [4.69, 9.17) is 4.74 Å². The molecule has 1 fully saturated rings. The van der Waals surface area contributed by atoms with Gasteiger partial charge in [0.2, 0.25) is 0 Å². The van der Waals surface area contributed by atoms with Gasteiger partial charge in [-0.05, 0) is 26.2 Å². The number of carbonyl (C=O) groups is 1. The summed E-state index contributed by atoms with van der Waals surface area (Å²) >= 11 is 0. The molecule has 0 aliphatic heterocycles. The molecule has 106 valence electrons. The highest BCUT2D eigenvalue weighted by atomic mass is 16.5. The topological polar surface area (TPSA) is 79.9 Å². The van der Waals surface area contributed by atoms with Crippen LogP contribution in [0.5, 0.6) is 0 Å². The van der Waals surface area contributed by atoms with Crippen molar-refractivity contribution in [1.82, 2.24) is 20.7 Å². The molecule has 1 amide bonds. The number of carbonyl (C=O) groups excluding carboxylic acids is 1. The van der Waals surface area contributed by atoms with Crippen molar-refractivity contribution >= 4 is 5.91 Å². The fraction of sp³-hybridized carbons (Fsp3) is 0.769. The maximum Gasteiger partial charge on any atom is 0.273 e. The minimum Gasteiger partial charge on any atom is -0.378 e. The van der Waals surface area contributed by atoms with Crippen molar-refractivity contribution in [2.75, 3.05) is 6.61 Å². The van der Waals surface area contributed by atoms with Crippen LogP contribution in [0.3, 0.4) is 0 Å². The number of nitrogens with zero attached hydrogens (tertiary/aromatic N) is 2. The van der Waals surface area contributed by atoms with Gasteiger partial charge in [-0.15, -0.1) is 0 Å². The van der Waals surface area contributed by atoms with Gasteiger partial charge >= 0.3 is 0 Å². The van der Waals surface area contributed by atoms with Crippen LogP contribution in [-0.2, 0) is 4.74 Å². The normalized spacial score (nSPS) is 24.8. The first-order chi connectivity index (χ1) is 9.17. The monoisotopic (exact) mass is 266 g/mol. The summed E-state index contributed by atoms with van der Waals surface area (Å²) in [6, 6.07) is 0.156. The predicted molar refractivity (Wildman–Crippen MR) is 70.7 cm³/mol. The summed E-state index contributed by atoms with van der Waals surface area (Å²) in [5.74, 6) is -0.167. The Morgan fingerprint density at radius 2 is 2.26 bits per heavy atom. The zero-order valence-electron chi connectivity index (χ0n) is 11.8. The van der Waals surface area contributed by atoms with Crippen molar-refractivity contribution in [2.45, 2.75) is 52.2 Å². The second-order valence-corrected chi connectivity index (χ2v) is 5.00. The minimum atomic E-state index is -0.167. The van der Waals surface area contributed by atoms with E-state index in [1.54, 1.807) is 0 Å². The van der Waals surface area contributed by atoms with Crippen LogP contribution in [0.2, 0.25) is 0 Å². The van der Waals surface area contributed by atoms with E-state index in [-0.39, 0.29) is 23.5 Å². The average molecular weight is 266 g/mol. The molecule has 2 rings (SSSR count). The quantitative estimate of drug-likeness (QED) is 0.818. The van der Waals surface area contributed by atoms with Gasteiger partial charge in [0, 0.05) is 18.1 Å². The van der Waals surface area contributed by atoms with Crippen LogP contribution in [0.25, 0.3) is 0 Å². The van der Waals surface area contributed by atoms with Gasteiger partial charge in [0.05, 0.1) is 12.3 Å². The highest BCUT2D eigenvalue weighted by molar-refractivity contribution is 5.92. The molecule has 1 aliphatic carbocycles. The lowest BCUT2D eigenvalue weighted by molar-refractivity contribution is -0.134. The Morgan fingerprint density at radius 3 is 2.79 bits per heavy atom. The fourth-order valence-electron chi connectivity index (χ4n) is 3.13. The lowest BCUT2D eigenvalue weighted by Gasteiger charge is -2.55. The van der Waals surface area contributed by atoms with Gasteiger partial charge in [0.25, 0.3) is 5.91 Å². The van der Waals surface area contributed by atoms with Gasteiger partial charge in [-0.1, -0.05) is 13.8 Å². The van der Waals surface area contributed by atoms with Crippen LogP contribution in [0, 0.1) is 5.41 Å². The van der Waals surface area contributed by atoms with Crippen molar-refractivity contribution < 1.29 is 9.53 Å². The van der Waals surface area contributed by atoms with Crippen molar-refractivity contribution in [3.05, 3.63) is 11.9 Å². The molecule has 1 heterocycles. The molecule has 1 saturated carbocycles. The van der Waals surface area contributed by atoms with Crippen LogP contribution in [0.15, 0.2) is 6.20 Å². The zero-order chi connectivity index (χ0) is 13.9. The van der Waals surface area contributed by atoms with Gasteiger partial charge in [-0.3, -0.25) is 4.79 Å². The number of rotatable bonds is 6. The standard InChI is InChI=1S/C13H22N4O2/c1-4-13(5-2)10(7-11(13)19-6-3)15-12(18)9-8-14-17-16-9/h8,10-11H,4-7H2,1-3H3,(H,15,18)(H,14,16,17)/t10-,11+/m0/s1. The molecule has 0 bridgehead atoms. The van der Waals surface area contributed by atoms with Crippen LogP contribution >= 0.6 is 0 Å². The molecule has 2 atom stereocenters. The van der Waals surface area contributed by atoms with Gasteiger partial charge in [-0.25, -0.2) is 0 Å². The number of hydrogen-bond donors (Lipinski definition) is 2. The molecule has 6 heteroatoms. The van der Waals surface area contributed by atoms with E-state index >= 15 is 0 Å². The summed E-state index contributed by atoms with van der Waals surface area (Å²) < 4.78 is 5.79. The molecule has 1 aromatic rings. The third-order valence-electron chi connectivity index (χ3n) is 4.42. The van der Waals surface area contributed by atoms with E-state index in [1.807, 2.05) is 6.92 Å². The minimum absolute atomic E-state index is 0.0510. The SMILES string of the molecule is CCO[C@@H]1C[C@H](NC(=O)c2cn[nH]n2)C1(CC)CC. The molecule has 19 heavy (non-hydrogen) atoms. The second kappa shape index (κ2) is 5.69. The summed E-state index contributed by atoms with van der Waals surface area (Å²) in [6.45, 7) is 7.04. The first kappa shape index (κ1) is 14.0. The summed E-state index contributed by atoms with van der Waals surface area (Å²) in [5, 5.41) is 13.0. The maximum absolute atomic E-state index is 12.0. The Bertz CT molecular complexity index is 414. The smallest absolute Gasteiger partial charge is 0.273 e. The third-order valence-corrected chi connectivity index (χ3v) is 4.42. The van der Waals surface area contributed by atoms with Crippen LogP contribution in [-0.4, -0.2) is 40.1 Å². The molecule has 6 nitrogen and oxygen atoms in total. The van der Waals surface area contributed by atoms with Crippen LogP contribution < -0.4 is 5.32 Å². The lowest BCUT2D eigenvalue weighted by Crippen LogP contribution is -2.64. The van der Waals surface area contributed by atoms with E-state index < -0.39 is 0 Å². The van der Waals surface area contributed by atoms with Crippen molar-refractivity contribution in [2.24, 2.45) is 5.41 Å². The van der Waals surface area contributed by atoms with Gasteiger partial charge in [0.15, 0.2) is 5.69 Å².